The lowest BCUT2D eigenvalue weighted by atomic mass is 10.2. The molecule has 2 aliphatic heterocycles. The largest absolute Gasteiger partial charge is 0.329 e. The molecular formula is C17H24FN4O4S+. The fourth-order valence-electron chi connectivity index (χ4n) is 3.41. The van der Waals surface area contributed by atoms with Gasteiger partial charge in [-0.15, -0.1) is 0 Å². The maximum Gasteiger partial charge on any atom is 0.329 e. The van der Waals surface area contributed by atoms with Crippen molar-refractivity contribution in [3.63, 3.8) is 0 Å². The van der Waals surface area contributed by atoms with Crippen LogP contribution in [0.15, 0.2) is 29.2 Å². The maximum atomic E-state index is 13.4. The van der Waals surface area contributed by atoms with Crippen LogP contribution in [0.25, 0.3) is 0 Å². The zero-order valence-corrected chi connectivity index (χ0v) is 16.0. The number of piperazine rings is 1. The number of hydrogen-bond donors (Lipinski definition) is 2. The Labute approximate surface area is 158 Å². The fraction of sp³-hybridized carbons (Fsp3) is 0.529. The number of nitrogens with one attached hydrogen (secondary N) is 2. The number of carbonyl (C=O) groups is 2. The van der Waals surface area contributed by atoms with Crippen molar-refractivity contribution in [3.05, 3.63) is 30.1 Å². The van der Waals surface area contributed by atoms with E-state index in [2.05, 4.69) is 5.32 Å². The minimum Gasteiger partial charge on any atom is -0.326 e. The monoisotopic (exact) mass is 399 g/mol. The molecule has 27 heavy (non-hydrogen) atoms. The van der Waals surface area contributed by atoms with E-state index in [1.54, 1.807) is 0 Å². The molecule has 3 amide bonds. The van der Waals surface area contributed by atoms with Crippen LogP contribution >= 0.6 is 0 Å². The molecule has 0 saturated carbocycles. The van der Waals surface area contributed by atoms with Gasteiger partial charge in [-0.3, -0.25) is 4.79 Å². The van der Waals surface area contributed by atoms with Gasteiger partial charge in [-0.1, -0.05) is 19.4 Å². The van der Waals surface area contributed by atoms with Crippen molar-refractivity contribution >= 4 is 22.0 Å². The topological polar surface area (TPSA) is 91.2 Å². The van der Waals surface area contributed by atoms with E-state index < -0.39 is 21.9 Å². The van der Waals surface area contributed by atoms with Gasteiger partial charge in [-0.2, -0.15) is 4.31 Å². The molecule has 148 valence electrons. The molecule has 3 rings (SSSR count). The maximum absolute atomic E-state index is 13.4. The van der Waals surface area contributed by atoms with E-state index >= 15 is 0 Å². The number of halogens is 1. The zero-order chi connectivity index (χ0) is 19.6. The Kier molecular flexibility index (Phi) is 5.78. The first-order chi connectivity index (χ1) is 12.8. The Balaban J connectivity index is 1.59. The molecule has 10 heteroatoms. The lowest BCUT2D eigenvalue weighted by Gasteiger charge is -2.32. The standard InChI is InChI=1S/C17H23FN4O4S/c1-2-4-15-16(23)22(17(24)19-15)12-20-7-9-21(10-8-20)27(25,26)14-6-3-5-13(18)11-14/h3,5-6,11,15H,2,4,7-10,12H2,1H3,(H,19,24)/p+1/t15-/m0/s1. The van der Waals surface area contributed by atoms with Crippen molar-refractivity contribution in [2.75, 3.05) is 32.8 Å². The third kappa shape index (κ3) is 4.12. The van der Waals surface area contributed by atoms with Crippen LogP contribution in [0.5, 0.6) is 0 Å². The van der Waals surface area contributed by atoms with Gasteiger partial charge in [0.05, 0.1) is 31.1 Å². The summed E-state index contributed by atoms with van der Waals surface area (Å²) in [6.45, 7) is 3.59. The molecule has 2 heterocycles. The molecule has 0 radical (unpaired) electrons. The fourth-order valence-corrected chi connectivity index (χ4v) is 4.89. The molecule has 2 aliphatic rings. The Bertz CT molecular complexity index is 824. The third-order valence-electron chi connectivity index (χ3n) is 4.93. The number of imide groups is 1. The van der Waals surface area contributed by atoms with Gasteiger partial charge in [0.1, 0.15) is 11.9 Å². The van der Waals surface area contributed by atoms with Gasteiger partial charge in [0.2, 0.25) is 10.0 Å². The van der Waals surface area contributed by atoms with Gasteiger partial charge in [0.15, 0.2) is 6.67 Å². The van der Waals surface area contributed by atoms with E-state index in [9.17, 15) is 22.4 Å². The Morgan fingerprint density at radius 3 is 2.59 bits per heavy atom. The van der Waals surface area contributed by atoms with Crippen molar-refractivity contribution < 1.29 is 27.3 Å². The van der Waals surface area contributed by atoms with E-state index in [0.717, 1.165) is 17.4 Å². The summed E-state index contributed by atoms with van der Waals surface area (Å²) < 4.78 is 39.9. The summed E-state index contributed by atoms with van der Waals surface area (Å²) in [6.07, 6.45) is 1.41. The van der Waals surface area contributed by atoms with Crippen molar-refractivity contribution in [2.24, 2.45) is 0 Å². The van der Waals surface area contributed by atoms with E-state index in [-0.39, 0.29) is 36.6 Å². The third-order valence-corrected chi connectivity index (χ3v) is 6.82. The normalized spacial score (nSPS) is 22.3. The molecule has 0 aromatic heterocycles. The first-order valence-corrected chi connectivity index (χ1v) is 10.5. The summed E-state index contributed by atoms with van der Waals surface area (Å²) >= 11 is 0. The smallest absolute Gasteiger partial charge is 0.326 e. The average molecular weight is 399 g/mol. The number of quaternary nitrogens is 1. The first-order valence-electron chi connectivity index (χ1n) is 9.04. The van der Waals surface area contributed by atoms with Gasteiger partial charge in [0, 0.05) is 0 Å². The minimum absolute atomic E-state index is 0.0672. The highest BCUT2D eigenvalue weighted by Gasteiger charge is 2.40. The second kappa shape index (κ2) is 7.91. The molecule has 2 N–H and O–H groups in total. The van der Waals surface area contributed by atoms with Gasteiger partial charge in [-0.05, 0) is 24.6 Å². The number of nitrogens with zero attached hydrogens (tertiary/aromatic N) is 2. The van der Waals surface area contributed by atoms with Gasteiger partial charge < -0.3 is 10.2 Å². The van der Waals surface area contributed by atoms with E-state index in [0.29, 0.717) is 19.5 Å². The number of sulfonamides is 1. The van der Waals surface area contributed by atoms with Gasteiger partial charge >= 0.3 is 6.03 Å². The van der Waals surface area contributed by atoms with Crippen LogP contribution in [0, 0.1) is 5.82 Å². The van der Waals surface area contributed by atoms with Crippen molar-refractivity contribution in [2.45, 2.75) is 30.7 Å². The number of hydrogen-bond acceptors (Lipinski definition) is 4. The Morgan fingerprint density at radius 1 is 1.26 bits per heavy atom. The Hall–Kier alpha value is -2.04. The molecule has 0 bridgehead atoms. The van der Waals surface area contributed by atoms with Crippen LogP contribution < -0.4 is 10.2 Å². The summed E-state index contributed by atoms with van der Waals surface area (Å²) in [7, 11) is -3.75. The molecule has 0 unspecified atom stereocenters. The summed E-state index contributed by atoms with van der Waals surface area (Å²) in [5, 5.41) is 2.69. The minimum atomic E-state index is -3.75. The highest BCUT2D eigenvalue weighted by atomic mass is 32.2. The van der Waals surface area contributed by atoms with Crippen LogP contribution in [-0.2, 0) is 14.8 Å². The number of carbonyl (C=O) groups excluding carboxylic acids is 2. The molecule has 8 nitrogen and oxygen atoms in total. The molecular weight excluding hydrogens is 375 g/mol. The molecule has 1 atom stereocenters. The number of amides is 3. The quantitative estimate of drug-likeness (QED) is 0.625. The predicted octanol–water partition coefficient (Wildman–Crippen LogP) is -0.607. The summed E-state index contributed by atoms with van der Waals surface area (Å²) in [4.78, 5) is 26.4. The van der Waals surface area contributed by atoms with Crippen LogP contribution in [0.3, 0.4) is 0 Å². The summed E-state index contributed by atoms with van der Waals surface area (Å²) in [5.74, 6) is -0.815. The first kappa shape index (κ1) is 19.7. The second-order valence-corrected chi connectivity index (χ2v) is 8.76. The van der Waals surface area contributed by atoms with Crippen LogP contribution in [0.1, 0.15) is 19.8 Å². The molecule has 2 saturated heterocycles. The summed E-state index contributed by atoms with van der Waals surface area (Å²) in [5.41, 5.74) is 0. The molecule has 2 fully saturated rings. The van der Waals surface area contributed by atoms with Crippen LogP contribution in [0.2, 0.25) is 0 Å². The summed E-state index contributed by atoms with van der Waals surface area (Å²) in [6, 6.07) is 4.10. The van der Waals surface area contributed by atoms with Gasteiger partial charge in [-0.25, -0.2) is 22.5 Å². The zero-order valence-electron chi connectivity index (χ0n) is 15.2. The lowest BCUT2D eigenvalue weighted by Crippen LogP contribution is -3.16. The van der Waals surface area contributed by atoms with Crippen molar-refractivity contribution in [1.82, 2.24) is 14.5 Å². The van der Waals surface area contributed by atoms with Crippen LogP contribution in [0.4, 0.5) is 9.18 Å². The molecule has 1 aromatic rings. The Morgan fingerprint density at radius 2 is 1.96 bits per heavy atom. The molecule has 0 spiro atoms. The van der Waals surface area contributed by atoms with E-state index in [1.807, 2.05) is 6.92 Å². The highest BCUT2D eigenvalue weighted by molar-refractivity contribution is 7.89. The average Bonchev–Trinajstić information content (AvgIpc) is 2.90. The van der Waals surface area contributed by atoms with Gasteiger partial charge in [0.25, 0.3) is 5.91 Å². The van der Waals surface area contributed by atoms with E-state index in [4.69, 9.17) is 0 Å². The van der Waals surface area contributed by atoms with E-state index in [1.165, 1.54) is 27.4 Å². The second-order valence-electron chi connectivity index (χ2n) is 6.83. The predicted molar refractivity (Wildman–Crippen MR) is 94.8 cm³/mol. The highest BCUT2D eigenvalue weighted by Crippen LogP contribution is 2.16. The number of urea groups is 1. The molecule has 1 aromatic carbocycles. The SMILES string of the molecule is CCC[C@@H]1NC(=O)N(C[NH+]2CCN(S(=O)(=O)c3cccc(F)c3)CC2)C1=O. The number of benzene rings is 1. The lowest BCUT2D eigenvalue weighted by molar-refractivity contribution is -0.910. The van der Waals surface area contributed by atoms with Crippen molar-refractivity contribution in [1.29, 1.82) is 0 Å². The number of rotatable bonds is 6. The molecule has 0 aliphatic carbocycles. The van der Waals surface area contributed by atoms with Crippen molar-refractivity contribution in [3.8, 4) is 0 Å². The van der Waals surface area contributed by atoms with Crippen LogP contribution in [-0.4, -0.2) is 68.5 Å².